The van der Waals surface area contributed by atoms with E-state index in [1.54, 1.807) is 0 Å². The fraction of sp³-hybridized carbons (Fsp3) is 0.174. The Kier molecular flexibility index (Phi) is 4.23. The molecule has 1 unspecified atom stereocenters. The van der Waals surface area contributed by atoms with Crippen LogP contribution in [0.4, 0.5) is 11.4 Å². The van der Waals surface area contributed by atoms with E-state index in [-0.39, 0.29) is 11.4 Å². The lowest BCUT2D eigenvalue weighted by Gasteiger charge is -2.26. The SMILES string of the molecule is C[N+]1=C(c2ccccc2)C(C)(Cc2cc([N+](=O)[O-])ccc2[O-])c2ccccc21. The summed E-state index contributed by atoms with van der Waals surface area (Å²) in [5.41, 5.74) is 4.27. The second-order valence-corrected chi connectivity index (χ2v) is 7.35. The Balaban J connectivity index is 1.90. The Morgan fingerprint density at radius 1 is 1.00 bits per heavy atom. The zero-order valence-corrected chi connectivity index (χ0v) is 15.8. The Morgan fingerprint density at radius 3 is 2.39 bits per heavy atom. The first-order chi connectivity index (χ1) is 13.4. The summed E-state index contributed by atoms with van der Waals surface area (Å²) in [7, 11) is 2.03. The van der Waals surface area contributed by atoms with Gasteiger partial charge in [-0.3, -0.25) is 10.1 Å². The minimum Gasteiger partial charge on any atom is -0.872 e. The second kappa shape index (κ2) is 6.60. The number of nitro benzene ring substituents is 1. The summed E-state index contributed by atoms with van der Waals surface area (Å²) >= 11 is 0. The average Bonchev–Trinajstić information content (AvgIpc) is 2.91. The first-order valence-corrected chi connectivity index (χ1v) is 9.12. The predicted molar refractivity (Wildman–Crippen MR) is 106 cm³/mol. The van der Waals surface area contributed by atoms with Crippen LogP contribution in [0.5, 0.6) is 5.75 Å². The van der Waals surface area contributed by atoms with Crippen LogP contribution >= 0.6 is 0 Å². The molecule has 0 N–H and O–H groups in total. The first kappa shape index (κ1) is 17.9. The average molecular weight is 372 g/mol. The number of benzene rings is 3. The van der Waals surface area contributed by atoms with Gasteiger partial charge in [0.25, 0.3) is 5.69 Å². The Labute approximate surface area is 163 Å². The van der Waals surface area contributed by atoms with Gasteiger partial charge in [-0.2, -0.15) is 4.58 Å². The molecule has 0 spiro atoms. The quantitative estimate of drug-likeness (QED) is 0.396. The zero-order valence-electron chi connectivity index (χ0n) is 15.8. The Hall–Kier alpha value is -3.47. The number of para-hydroxylation sites is 1. The highest BCUT2D eigenvalue weighted by atomic mass is 16.6. The smallest absolute Gasteiger partial charge is 0.269 e. The minimum absolute atomic E-state index is 0.0564. The molecule has 1 heterocycles. The Morgan fingerprint density at radius 2 is 1.68 bits per heavy atom. The summed E-state index contributed by atoms with van der Waals surface area (Å²) in [5, 5.41) is 23.7. The van der Waals surface area contributed by atoms with Crippen molar-refractivity contribution in [3.8, 4) is 5.75 Å². The molecule has 3 aromatic carbocycles. The van der Waals surface area contributed by atoms with Gasteiger partial charge in [0.1, 0.15) is 7.05 Å². The van der Waals surface area contributed by atoms with Crippen molar-refractivity contribution >= 4 is 17.1 Å². The highest BCUT2D eigenvalue weighted by Gasteiger charge is 2.48. The molecule has 4 rings (SSSR count). The topological polar surface area (TPSA) is 69.2 Å². The van der Waals surface area contributed by atoms with Crippen LogP contribution in [0.25, 0.3) is 0 Å². The number of nitro groups is 1. The van der Waals surface area contributed by atoms with E-state index >= 15 is 0 Å². The Bertz CT molecular complexity index is 1110. The van der Waals surface area contributed by atoms with Gasteiger partial charge in [-0.15, -0.1) is 5.75 Å². The lowest BCUT2D eigenvalue weighted by molar-refractivity contribution is -0.402. The molecule has 0 aromatic heterocycles. The minimum atomic E-state index is -0.485. The molecule has 0 bridgehead atoms. The van der Waals surface area contributed by atoms with Crippen molar-refractivity contribution < 1.29 is 14.6 Å². The third kappa shape index (κ3) is 2.76. The van der Waals surface area contributed by atoms with Gasteiger partial charge in [0, 0.05) is 29.3 Å². The molecule has 0 radical (unpaired) electrons. The summed E-state index contributed by atoms with van der Waals surface area (Å²) in [6.07, 6.45) is 0.388. The van der Waals surface area contributed by atoms with Crippen molar-refractivity contribution in [3.63, 3.8) is 0 Å². The standard InChI is InChI=1S/C23H20N2O3/c1-23(15-17-14-18(25(27)28)12-13-21(17)26)19-10-6-7-11-20(19)24(2)22(23)16-8-4-3-5-9-16/h3-14H,15H2,1-2H3. The highest BCUT2D eigenvalue weighted by molar-refractivity contribution is 6.07. The van der Waals surface area contributed by atoms with Crippen LogP contribution in [-0.2, 0) is 11.8 Å². The number of nitrogens with zero attached hydrogens (tertiary/aromatic N) is 2. The molecule has 5 nitrogen and oxygen atoms in total. The molecule has 28 heavy (non-hydrogen) atoms. The van der Waals surface area contributed by atoms with Crippen LogP contribution in [0.15, 0.2) is 72.8 Å². The van der Waals surface area contributed by atoms with Crippen LogP contribution in [0.2, 0.25) is 0 Å². The summed E-state index contributed by atoms with van der Waals surface area (Å²) in [4.78, 5) is 10.8. The van der Waals surface area contributed by atoms with Gasteiger partial charge >= 0.3 is 0 Å². The second-order valence-electron chi connectivity index (χ2n) is 7.35. The molecule has 1 atom stereocenters. The van der Waals surface area contributed by atoms with Gasteiger partial charge in [-0.05, 0) is 31.0 Å². The van der Waals surface area contributed by atoms with E-state index in [1.807, 2.05) is 37.4 Å². The first-order valence-electron chi connectivity index (χ1n) is 9.12. The van der Waals surface area contributed by atoms with E-state index < -0.39 is 10.3 Å². The molecule has 1 aliphatic rings. The van der Waals surface area contributed by atoms with Crippen molar-refractivity contribution in [1.29, 1.82) is 0 Å². The van der Waals surface area contributed by atoms with E-state index in [4.69, 9.17) is 0 Å². The molecule has 0 fully saturated rings. The molecule has 3 aromatic rings. The van der Waals surface area contributed by atoms with Crippen LogP contribution in [0, 0.1) is 10.1 Å². The van der Waals surface area contributed by atoms with Gasteiger partial charge in [0.15, 0.2) is 5.71 Å². The fourth-order valence-corrected chi connectivity index (χ4v) is 4.34. The maximum Gasteiger partial charge on any atom is 0.269 e. The zero-order chi connectivity index (χ0) is 19.9. The number of non-ortho nitro benzene ring substituents is 1. The normalized spacial score (nSPS) is 18.2. The molecule has 0 aliphatic carbocycles. The highest BCUT2D eigenvalue weighted by Crippen LogP contribution is 2.44. The van der Waals surface area contributed by atoms with Crippen LogP contribution in [0.1, 0.15) is 23.6 Å². The summed E-state index contributed by atoms with van der Waals surface area (Å²) in [6.45, 7) is 2.11. The van der Waals surface area contributed by atoms with Crippen LogP contribution in [-0.4, -0.2) is 22.3 Å². The van der Waals surface area contributed by atoms with Crippen LogP contribution in [0.3, 0.4) is 0 Å². The van der Waals surface area contributed by atoms with E-state index in [0.717, 1.165) is 22.5 Å². The maximum absolute atomic E-state index is 12.5. The van der Waals surface area contributed by atoms with Gasteiger partial charge < -0.3 is 5.11 Å². The van der Waals surface area contributed by atoms with Gasteiger partial charge in [0.05, 0.1) is 10.3 Å². The van der Waals surface area contributed by atoms with Crippen molar-refractivity contribution in [2.75, 3.05) is 7.05 Å². The van der Waals surface area contributed by atoms with Crippen molar-refractivity contribution in [2.45, 2.75) is 18.8 Å². The lowest BCUT2D eigenvalue weighted by Crippen LogP contribution is -2.35. The van der Waals surface area contributed by atoms with E-state index in [1.165, 1.54) is 18.2 Å². The van der Waals surface area contributed by atoms with Crippen molar-refractivity contribution in [3.05, 3.63) is 99.6 Å². The number of fused-ring (bicyclic) bond motifs is 1. The molecule has 0 amide bonds. The number of hydrogen-bond acceptors (Lipinski definition) is 3. The van der Waals surface area contributed by atoms with Crippen LogP contribution < -0.4 is 5.11 Å². The molecule has 0 saturated carbocycles. The lowest BCUT2D eigenvalue weighted by atomic mass is 9.72. The molecule has 140 valence electrons. The van der Waals surface area contributed by atoms with E-state index in [9.17, 15) is 15.2 Å². The predicted octanol–water partition coefficient (Wildman–Crippen LogP) is 3.95. The summed E-state index contributed by atoms with van der Waals surface area (Å²) < 4.78 is 2.16. The molecule has 1 aliphatic heterocycles. The van der Waals surface area contributed by atoms with Gasteiger partial charge in [0.2, 0.25) is 5.69 Å². The largest absolute Gasteiger partial charge is 0.872 e. The molecule has 5 heteroatoms. The third-order valence-electron chi connectivity index (χ3n) is 5.56. The monoisotopic (exact) mass is 372 g/mol. The number of hydrogen-bond donors (Lipinski definition) is 0. The van der Waals surface area contributed by atoms with Crippen molar-refractivity contribution in [2.24, 2.45) is 0 Å². The summed E-state index contributed by atoms with van der Waals surface area (Å²) in [6, 6.07) is 22.2. The molecular weight excluding hydrogens is 352 g/mol. The molecular formula is C23H20N2O3. The van der Waals surface area contributed by atoms with E-state index in [2.05, 4.69) is 35.8 Å². The van der Waals surface area contributed by atoms with Gasteiger partial charge in [-0.25, -0.2) is 0 Å². The summed E-state index contributed by atoms with van der Waals surface area (Å²) in [5.74, 6) is -0.175. The van der Waals surface area contributed by atoms with Gasteiger partial charge in [-0.1, -0.05) is 42.5 Å². The van der Waals surface area contributed by atoms with E-state index in [0.29, 0.717) is 12.0 Å². The van der Waals surface area contributed by atoms with Crippen molar-refractivity contribution in [1.82, 2.24) is 0 Å². The number of rotatable bonds is 4. The fourth-order valence-electron chi connectivity index (χ4n) is 4.34. The third-order valence-corrected chi connectivity index (χ3v) is 5.56. The molecule has 0 saturated heterocycles. The maximum atomic E-state index is 12.5.